The lowest BCUT2D eigenvalue weighted by Gasteiger charge is -2.01. The summed E-state index contributed by atoms with van der Waals surface area (Å²) < 4.78 is 1.32. The van der Waals surface area contributed by atoms with Crippen molar-refractivity contribution in [3.05, 3.63) is 32.5 Å². The van der Waals surface area contributed by atoms with Crippen molar-refractivity contribution >= 4 is 39.9 Å². The molecule has 80 valence electrons. The molecule has 0 aliphatic carbocycles. The molecule has 0 aliphatic heterocycles. The van der Waals surface area contributed by atoms with Gasteiger partial charge < -0.3 is 4.98 Å². The zero-order valence-corrected chi connectivity index (χ0v) is 9.12. The molecule has 3 aromatic rings. The molecule has 0 amide bonds. The van der Waals surface area contributed by atoms with Gasteiger partial charge in [-0.2, -0.15) is 4.52 Å². The van der Waals surface area contributed by atoms with E-state index in [9.17, 15) is 4.79 Å². The van der Waals surface area contributed by atoms with Gasteiger partial charge in [-0.05, 0) is 22.6 Å². The van der Waals surface area contributed by atoms with E-state index in [1.807, 2.05) is 0 Å². The quantitative estimate of drug-likeness (QED) is 0.657. The molecule has 0 fully saturated rings. The molecule has 2 heterocycles. The molecule has 0 spiro atoms. The van der Waals surface area contributed by atoms with E-state index in [1.54, 1.807) is 12.1 Å². The van der Waals surface area contributed by atoms with Crippen LogP contribution in [-0.2, 0) is 0 Å². The van der Waals surface area contributed by atoms with Gasteiger partial charge in [-0.15, -0.1) is 5.10 Å². The van der Waals surface area contributed by atoms with Crippen LogP contribution in [0.3, 0.4) is 0 Å². The van der Waals surface area contributed by atoms with E-state index < -0.39 is 0 Å². The summed E-state index contributed by atoms with van der Waals surface area (Å²) in [5.74, 6) is 0. The fourth-order valence-electron chi connectivity index (χ4n) is 1.48. The fourth-order valence-corrected chi connectivity index (χ4v) is 1.80. The highest BCUT2D eigenvalue weighted by Crippen LogP contribution is 2.25. The van der Waals surface area contributed by atoms with Gasteiger partial charge in [-0.25, -0.2) is 0 Å². The monoisotopic (exact) mass is 255 g/mol. The highest BCUT2D eigenvalue weighted by molar-refractivity contribution is 6.42. The first-order valence-electron chi connectivity index (χ1n) is 4.26. The number of tetrazole rings is 1. The van der Waals surface area contributed by atoms with Gasteiger partial charge in [0.1, 0.15) is 0 Å². The van der Waals surface area contributed by atoms with Crippen molar-refractivity contribution in [3.63, 3.8) is 0 Å². The largest absolute Gasteiger partial charge is 0.317 e. The third kappa shape index (κ3) is 1.20. The molecular formula is C8H3Cl2N5O. The lowest BCUT2D eigenvalue weighted by Crippen LogP contribution is -2.11. The molecule has 6 nitrogen and oxygen atoms in total. The average molecular weight is 256 g/mol. The van der Waals surface area contributed by atoms with Gasteiger partial charge >= 0.3 is 0 Å². The lowest BCUT2D eigenvalue weighted by atomic mass is 10.3. The molecule has 1 aromatic carbocycles. The van der Waals surface area contributed by atoms with E-state index in [-0.39, 0.29) is 11.2 Å². The van der Waals surface area contributed by atoms with Crippen LogP contribution in [0.1, 0.15) is 0 Å². The highest BCUT2D eigenvalue weighted by atomic mass is 35.5. The standard InChI is InChI=1S/C8H3Cl2N5O/c9-3-1-5-6(2-4(3)10)15-7(8(16)11-5)12-13-14-15/h1-2H,(H,11,16). The summed E-state index contributed by atoms with van der Waals surface area (Å²) in [7, 11) is 0. The summed E-state index contributed by atoms with van der Waals surface area (Å²) in [6.45, 7) is 0. The van der Waals surface area contributed by atoms with Crippen LogP contribution in [0, 0.1) is 0 Å². The Morgan fingerprint density at radius 1 is 1.25 bits per heavy atom. The van der Waals surface area contributed by atoms with Crippen molar-refractivity contribution in [2.24, 2.45) is 0 Å². The van der Waals surface area contributed by atoms with Gasteiger partial charge in [0, 0.05) is 0 Å². The number of H-pyrrole nitrogens is 1. The molecule has 0 atom stereocenters. The van der Waals surface area contributed by atoms with Crippen LogP contribution in [0.25, 0.3) is 16.7 Å². The highest BCUT2D eigenvalue weighted by Gasteiger charge is 2.10. The minimum Gasteiger partial charge on any atom is -0.317 e. The second-order valence-corrected chi connectivity index (χ2v) is 3.97. The fraction of sp³-hybridized carbons (Fsp3) is 0. The second-order valence-electron chi connectivity index (χ2n) is 3.15. The minimum atomic E-state index is -0.379. The van der Waals surface area contributed by atoms with Crippen LogP contribution < -0.4 is 5.56 Å². The predicted octanol–water partition coefficient (Wildman–Crippen LogP) is 1.27. The van der Waals surface area contributed by atoms with Gasteiger partial charge in [0.25, 0.3) is 5.56 Å². The first-order valence-corrected chi connectivity index (χ1v) is 5.01. The van der Waals surface area contributed by atoms with E-state index >= 15 is 0 Å². The smallest absolute Gasteiger partial charge is 0.295 e. The SMILES string of the molecule is O=c1[nH]c2cc(Cl)c(Cl)cc2n2nnnc12. The Kier molecular flexibility index (Phi) is 1.89. The molecule has 0 bridgehead atoms. The van der Waals surface area contributed by atoms with Gasteiger partial charge in [-0.1, -0.05) is 23.2 Å². The van der Waals surface area contributed by atoms with Crippen molar-refractivity contribution in [3.8, 4) is 0 Å². The van der Waals surface area contributed by atoms with Crippen LogP contribution in [0.15, 0.2) is 16.9 Å². The Morgan fingerprint density at radius 3 is 2.81 bits per heavy atom. The topological polar surface area (TPSA) is 75.9 Å². The molecule has 0 saturated heterocycles. The number of aromatic nitrogens is 5. The minimum absolute atomic E-state index is 0.117. The van der Waals surface area contributed by atoms with Gasteiger partial charge in [0.05, 0.1) is 21.1 Å². The molecule has 0 saturated carbocycles. The third-order valence-corrected chi connectivity index (χ3v) is 2.91. The summed E-state index contributed by atoms with van der Waals surface area (Å²) in [5, 5.41) is 11.5. The Bertz CT molecular complexity index is 762. The predicted molar refractivity (Wildman–Crippen MR) is 58.9 cm³/mol. The summed E-state index contributed by atoms with van der Waals surface area (Å²) in [6, 6.07) is 3.15. The van der Waals surface area contributed by atoms with Crippen LogP contribution in [0.5, 0.6) is 0 Å². The number of benzene rings is 1. The number of nitrogens with one attached hydrogen (secondary N) is 1. The van der Waals surface area contributed by atoms with Gasteiger partial charge in [0.2, 0.25) is 5.65 Å². The Balaban J connectivity index is 2.64. The molecule has 0 aliphatic rings. The molecule has 3 rings (SSSR count). The first kappa shape index (κ1) is 9.56. The number of hydrogen-bond donors (Lipinski definition) is 1. The Labute approximate surface area is 97.8 Å². The van der Waals surface area contributed by atoms with E-state index in [0.29, 0.717) is 21.1 Å². The average Bonchev–Trinajstić information content (AvgIpc) is 2.71. The second kappa shape index (κ2) is 3.16. The zero-order chi connectivity index (χ0) is 11.3. The van der Waals surface area contributed by atoms with Crippen LogP contribution in [0.4, 0.5) is 0 Å². The summed E-state index contributed by atoms with van der Waals surface area (Å²) in [4.78, 5) is 14.2. The molecule has 0 radical (unpaired) electrons. The Hall–Kier alpha value is -1.66. The van der Waals surface area contributed by atoms with Crippen molar-refractivity contribution < 1.29 is 0 Å². The van der Waals surface area contributed by atoms with E-state index in [0.717, 1.165) is 0 Å². The maximum Gasteiger partial charge on any atom is 0.295 e. The van der Waals surface area contributed by atoms with Crippen LogP contribution in [0.2, 0.25) is 10.0 Å². The maximum atomic E-state index is 11.6. The number of hydrogen-bond acceptors (Lipinski definition) is 4. The van der Waals surface area contributed by atoms with Gasteiger partial charge in [0.15, 0.2) is 0 Å². The zero-order valence-electron chi connectivity index (χ0n) is 7.61. The van der Waals surface area contributed by atoms with Crippen molar-refractivity contribution in [2.45, 2.75) is 0 Å². The van der Waals surface area contributed by atoms with Crippen molar-refractivity contribution in [1.82, 2.24) is 25.0 Å². The van der Waals surface area contributed by atoms with E-state index in [2.05, 4.69) is 20.5 Å². The number of fused-ring (bicyclic) bond motifs is 3. The number of rotatable bonds is 0. The Morgan fingerprint density at radius 2 is 2.00 bits per heavy atom. The molecule has 1 N–H and O–H groups in total. The number of aromatic amines is 1. The van der Waals surface area contributed by atoms with Crippen molar-refractivity contribution in [1.29, 1.82) is 0 Å². The van der Waals surface area contributed by atoms with Gasteiger partial charge in [-0.3, -0.25) is 4.79 Å². The third-order valence-electron chi connectivity index (χ3n) is 2.19. The molecular weight excluding hydrogens is 253 g/mol. The summed E-state index contributed by atoms with van der Waals surface area (Å²) in [5.41, 5.74) is 0.856. The molecule has 0 unspecified atom stereocenters. The van der Waals surface area contributed by atoms with E-state index in [1.165, 1.54) is 4.52 Å². The normalized spacial score (nSPS) is 11.4. The molecule has 8 heteroatoms. The summed E-state index contributed by atoms with van der Waals surface area (Å²) >= 11 is 11.7. The number of nitrogens with zero attached hydrogens (tertiary/aromatic N) is 4. The first-order chi connectivity index (χ1) is 7.66. The molecule has 2 aromatic heterocycles. The van der Waals surface area contributed by atoms with Crippen molar-refractivity contribution in [2.75, 3.05) is 0 Å². The maximum absolute atomic E-state index is 11.6. The van der Waals surface area contributed by atoms with Crippen LogP contribution >= 0.6 is 23.2 Å². The summed E-state index contributed by atoms with van der Waals surface area (Å²) in [6.07, 6.45) is 0. The van der Waals surface area contributed by atoms with E-state index in [4.69, 9.17) is 23.2 Å². The lowest BCUT2D eigenvalue weighted by molar-refractivity contribution is 0.840. The van der Waals surface area contributed by atoms with Crippen LogP contribution in [-0.4, -0.2) is 25.0 Å². The molecule has 16 heavy (non-hydrogen) atoms. The number of halogens is 2.